The Morgan fingerprint density at radius 3 is 0.724 bits per heavy atom. The van der Waals surface area contributed by atoms with Crippen molar-refractivity contribution in [3.63, 3.8) is 0 Å². The SMILES string of the molecule is CCCC(=O)O[C@H]1[C@@H](OC(C)C)[C@H](OP(=O)(OCOC(C)=O)OCOC(C)=O)[C@@H](OP(=O)(OCOC(C)=O)OCOC(C)=O)[C@H](OP(=O)(OCOC(C)=O)OCOC(C)=O)[C@H]1OP(=O)(OCOC(C)=O)OCOC(C)=O. The van der Waals surface area contributed by atoms with Gasteiger partial charge < -0.3 is 47.4 Å². The highest BCUT2D eigenvalue weighted by Gasteiger charge is 2.63. The number of esters is 9. The summed E-state index contributed by atoms with van der Waals surface area (Å²) in [6.45, 7) is 0.273. The summed E-state index contributed by atoms with van der Waals surface area (Å²) >= 11 is 0. The molecule has 76 heavy (non-hydrogen) atoms. The van der Waals surface area contributed by atoms with Gasteiger partial charge in [0.25, 0.3) is 0 Å². The molecule has 0 aromatic heterocycles. The lowest BCUT2D eigenvalue weighted by Gasteiger charge is -2.49. The maximum absolute atomic E-state index is 14.9. The predicted molar refractivity (Wildman–Crippen MR) is 236 cm³/mol. The first-order valence-electron chi connectivity index (χ1n) is 21.6. The van der Waals surface area contributed by atoms with Crippen molar-refractivity contribution in [1.82, 2.24) is 0 Å². The van der Waals surface area contributed by atoms with Gasteiger partial charge in [-0.3, -0.25) is 61.2 Å². The average Bonchev–Trinajstić information content (AvgIpc) is 3.26. The molecular formula is C37H60O35P4. The summed E-state index contributed by atoms with van der Waals surface area (Å²) in [5.41, 5.74) is 0. The molecule has 0 aromatic rings. The van der Waals surface area contributed by atoms with Gasteiger partial charge in [-0.15, -0.1) is 0 Å². The van der Waals surface area contributed by atoms with Gasteiger partial charge in [-0.1, -0.05) is 6.92 Å². The number of rotatable bonds is 37. The molecule has 0 spiro atoms. The second kappa shape index (κ2) is 34.5. The van der Waals surface area contributed by atoms with Crippen molar-refractivity contribution in [2.24, 2.45) is 0 Å². The van der Waals surface area contributed by atoms with Crippen molar-refractivity contribution in [3.05, 3.63) is 0 Å². The summed E-state index contributed by atoms with van der Waals surface area (Å²) in [5, 5.41) is 0. The molecule has 0 radical (unpaired) electrons. The van der Waals surface area contributed by atoms with E-state index in [2.05, 4.69) is 0 Å². The van der Waals surface area contributed by atoms with Crippen LogP contribution in [0.25, 0.3) is 0 Å². The van der Waals surface area contributed by atoms with E-state index in [0.717, 1.165) is 55.4 Å². The highest BCUT2D eigenvalue weighted by atomic mass is 31.2. The molecular weight excluding hydrogens is 1130 g/mol. The first-order chi connectivity index (χ1) is 35.4. The van der Waals surface area contributed by atoms with Crippen LogP contribution in [0.5, 0.6) is 0 Å². The third kappa shape index (κ3) is 28.8. The van der Waals surface area contributed by atoms with E-state index in [9.17, 15) is 61.4 Å². The molecule has 1 fully saturated rings. The van der Waals surface area contributed by atoms with Gasteiger partial charge >= 0.3 is 85.0 Å². The van der Waals surface area contributed by atoms with Gasteiger partial charge in [-0.25, -0.2) is 54.5 Å². The Morgan fingerprint density at radius 1 is 0.342 bits per heavy atom. The van der Waals surface area contributed by atoms with E-state index in [1.807, 2.05) is 0 Å². The van der Waals surface area contributed by atoms with Crippen molar-refractivity contribution in [2.75, 3.05) is 54.3 Å². The monoisotopic (exact) mass is 1190 g/mol. The molecule has 0 bridgehead atoms. The zero-order chi connectivity index (χ0) is 57.9. The number of carbonyl (C=O) groups excluding carboxylic acids is 9. The Morgan fingerprint density at radius 2 is 0.539 bits per heavy atom. The molecule has 0 aliphatic heterocycles. The summed E-state index contributed by atoms with van der Waals surface area (Å²) < 4.78 is 174. The molecule has 1 rings (SSSR count). The standard InChI is InChI=1S/C37H60O35P4/c1-12-13-31(46)68-33-32(67-22(2)3)34(69-73(47,59-14-51-23(4)38)60-15-52-24(5)39)36(71-75(49,63-18-55-27(8)42)64-19-56-28(9)43)37(72-76(50,65-20-57-29(10)44)66-21-58-30(11)45)35(33)70-74(48,61-16-53-25(6)40)62-17-54-26(7)41/h22,32-37H,12-21H2,1-11H3/t32-,33+,34+,35+,36-,37-/m1/s1. The molecule has 0 unspecified atom stereocenters. The minimum atomic E-state index is -5.82. The van der Waals surface area contributed by atoms with E-state index < -0.39 is 189 Å². The van der Waals surface area contributed by atoms with E-state index in [4.69, 9.17) is 102 Å². The summed E-state index contributed by atoms with van der Waals surface area (Å²) in [7, 11) is -23.0. The minimum Gasteiger partial charge on any atom is -0.457 e. The number of phosphoric acid groups is 4. The number of hydrogen-bond acceptors (Lipinski definition) is 35. The van der Waals surface area contributed by atoms with Crippen LogP contribution in [0.1, 0.15) is 89.0 Å². The van der Waals surface area contributed by atoms with Crippen LogP contribution in [0, 0.1) is 0 Å². The zero-order valence-corrected chi connectivity index (χ0v) is 46.3. The predicted octanol–water partition coefficient (Wildman–Crippen LogP) is 3.78. The highest BCUT2D eigenvalue weighted by molar-refractivity contribution is 7.49. The molecule has 0 aromatic carbocycles. The van der Waals surface area contributed by atoms with E-state index in [1.54, 1.807) is 0 Å². The van der Waals surface area contributed by atoms with Crippen molar-refractivity contribution < 1.29 is 163 Å². The van der Waals surface area contributed by atoms with Crippen LogP contribution in [0.4, 0.5) is 0 Å². The summed E-state index contributed by atoms with van der Waals surface area (Å²) in [5.74, 6) is -9.85. The lowest BCUT2D eigenvalue weighted by Crippen LogP contribution is -2.67. The summed E-state index contributed by atoms with van der Waals surface area (Å²) in [6, 6.07) is 0. The van der Waals surface area contributed by atoms with E-state index in [1.165, 1.54) is 20.8 Å². The van der Waals surface area contributed by atoms with Crippen LogP contribution < -0.4 is 0 Å². The molecule has 0 saturated heterocycles. The van der Waals surface area contributed by atoms with Gasteiger partial charge in [0.15, 0.2) is 6.10 Å². The van der Waals surface area contributed by atoms with Crippen LogP contribution in [0.15, 0.2) is 0 Å². The molecule has 6 atom stereocenters. The van der Waals surface area contributed by atoms with Gasteiger partial charge in [0.1, 0.15) is 30.5 Å². The fraction of sp³-hybridized carbons (Fsp3) is 0.757. The molecule has 0 heterocycles. The van der Waals surface area contributed by atoms with E-state index in [-0.39, 0.29) is 6.42 Å². The van der Waals surface area contributed by atoms with Gasteiger partial charge in [0, 0.05) is 61.8 Å². The van der Waals surface area contributed by atoms with E-state index in [0.29, 0.717) is 0 Å². The Balaban J connectivity index is 4.92. The fourth-order valence-corrected chi connectivity index (χ4v) is 9.39. The maximum atomic E-state index is 14.9. The van der Waals surface area contributed by atoms with Crippen molar-refractivity contribution in [1.29, 1.82) is 0 Å². The lowest BCUT2D eigenvalue weighted by molar-refractivity contribution is -0.244. The quantitative estimate of drug-likeness (QED) is 0.0369. The topological polar surface area (TPSA) is 425 Å². The van der Waals surface area contributed by atoms with Crippen LogP contribution in [-0.4, -0.2) is 151 Å². The highest BCUT2D eigenvalue weighted by Crippen LogP contribution is 2.62. The zero-order valence-electron chi connectivity index (χ0n) is 42.7. The lowest BCUT2D eigenvalue weighted by atomic mass is 9.84. The largest absolute Gasteiger partial charge is 0.481 e. The minimum absolute atomic E-state index is 0.0166. The normalized spacial score (nSPS) is 18.9. The molecule has 1 aliphatic rings. The molecule has 0 N–H and O–H groups in total. The number of hydrogen-bond donors (Lipinski definition) is 0. The summed E-state index contributed by atoms with van der Waals surface area (Å²) in [4.78, 5) is 109. The Kier molecular flexibility index (Phi) is 31.6. The van der Waals surface area contributed by atoms with E-state index >= 15 is 0 Å². The average molecular weight is 1190 g/mol. The second-order valence-electron chi connectivity index (χ2n) is 14.5. The van der Waals surface area contributed by atoms with Crippen LogP contribution in [-0.2, 0) is 163 Å². The third-order valence-corrected chi connectivity index (χ3v) is 13.3. The van der Waals surface area contributed by atoms with Gasteiger partial charge in [-0.2, -0.15) is 0 Å². The molecule has 39 heteroatoms. The van der Waals surface area contributed by atoms with Crippen molar-refractivity contribution in [2.45, 2.75) is 132 Å². The van der Waals surface area contributed by atoms with Crippen molar-refractivity contribution >= 4 is 85.0 Å². The fourth-order valence-electron chi connectivity index (χ4n) is 5.00. The second-order valence-corrected chi connectivity index (χ2v) is 21.0. The molecule has 1 saturated carbocycles. The Bertz CT molecular complexity index is 2050. The Labute approximate surface area is 433 Å². The third-order valence-electron chi connectivity index (χ3n) is 7.88. The molecule has 438 valence electrons. The van der Waals surface area contributed by atoms with Crippen LogP contribution in [0.2, 0.25) is 0 Å². The maximum Gasteiger partial charge on any atom is 0.481 e. The summed E-state index contributed by atoms with van der Waals surface area (Å²) in [6.07, 6.45) is -17.6. The first kappa shape index (κ1) is 69.6. The molecule has 0 amide bonds. The number of phosphoric ester groups is 4. The number of carbonyl (C=O) groups is 9. The smallest absolute Gasteiger partial charge is 0.457 e. The van der Waals surface area contributed by atoms with Crippen molar-refractivity contribution in [3.8, 4) is 0 Å². The number of ether oxygens (including phenoxy) is 10. The van der Waals surface area contributed by atoms with Crippen LogP contribution >= 0.6 is 31.3 Å². The first-order valence-corrected chi connectivity index (χ1v) is 27.4. The van der Waals surface area contributed by atoms with Gasteiger partial charge in [0.05, 0.1) is 6.10 Å². The van der Waals surface area contributed by atoms with Gasteiger partial charge in [0.2, 0.25) is 54.3 Å². The Hall–Kier alpha value is -4.37. The molecule has 35 nitrogen and oxygen atoms in total. The van der Waals surface area contributed by atoms with Gasteiger partial charge in [-0.05, 0) is 20.3 Å². The molecule has 1 aliphatic carbocycles. The van der Waals surface area contributed by atoms with Crippen LogP contribution in [0.3, 0.4) is 0 Å².